The van der Waals surface area contributed by atoms with E-state index in [1.165, 1.54) is 36.1 Å². The van der Waals surface area contributed by atoms with Crippen molar-refractivity contribution < 1.29 is 9.47 Å². The van der Waals surface area contributed by atoms with Crippen molar-refractivity contribution in [2.24, 2.45) is 0 Å². The maximum Gasteiger partial charge on any atom is 0.119 e. The summed E-state index contributed by atoms with van der Waals surface area (Å²) in [4.78, 5) is 5.00. The van der Waals surface area contributed by atoms with Gasteiger partial charge in [-0.2, -0.15) is 0 Å². The van der Waals surface area contributed by atoms with Crippen molar-refractivity contribution in [2.75, 3.05) is 51.3 Å². The Balaban J connectivity index is 0.00000225. The molecule has 152 valence electrons. The zero-order valence-corrected chi connectivity index (χ0v) is 17.5. The van der Waals surface area contributed by atoms with Gasteiger partial charge in [0.05, 0.1) is 13.7 Å². The highest BCUT2D eigenvalue weighted by atomic mass is 35.5. The van der Waals surface area contributed by atoms with Gasteiger partial charge in [-0.25, -0.2) is 0 Å². The van der Waals surface area contributed by atoms with Gasteiger partial charge >= 0.3 is 0 Å². The first-order chi connectivity index (χ1) is 13.3. The normalized spacial score (nSPS) is 16.4. The molecule has 0 spiro atoms. The molecule has 0 bridgehead atoms. The van der Waals surface area contributed by atoms with Crippen LogP contribution in [0.3, 0.4) is 0 Å². The number of anilines is 1. The Bertz CT molecular complexity index is 743. The van der Waals surface area contributed by atoms with E-state index in [1.54, 1.807) is 7.11 Å². The molecule has 4 nitrogen and oxygen atoms in total. The Morgan fingerprint density at radius 2 is 1.57 bits per heavy atom. The number of ether oxygens (including phenoxy) is 2. The monoisotopic (exact) mass is 402 g/mol. The lowest BCUT2D eigenvalue weighted by Gasteiger charge is -2.36. The molecule has 2 aromatic carbocycles. The molecule has 28 heavy (non-hydrogen) atoms. The van der Waals surface area contributed by atoms with Crippen molar-refractivity contribution in [3.8, 4) is 11.5 Å². The van der Waals surface area contributed by atoms with Crippen LogP contribution in [0, 0.1) is 0 Å². The molecule has 1 aliphatic heterocycles. The fourth-order valence-corrected chi connectivity index (χ4v) is 4.14. The zero-order valence-electron chi connectivity index (χ0n) is 16.7. The molecule has 5 heteroatoms. The van der Waals surface area contributed by atoms with Gasteiger partial charge in [-0.1, -0.05) is 6.07 Å². The molecule has 2 aromatic rings. The molecule has 0 saturated carbocycles. The Kier molecular flexibility index (Phi) is 7.46. The summed E-state index contributed by atoms with van der Waals surface area (Å²) in [6, 6.07) is 15.0. The number of fused-ring (bicyclic) bond motifs is 1. The Labute approximate surface area is 174 Å². The topological polar surface area (TPSA) is 24.9 Å². The van der Waals surface area contributed by atoms with Crippen LogP contribution in [0.25, 0.3) is 0 Å². The fourth-order valence-electron chi connectivity index (χ4n) is 4.14. The molecular formula is C23H31ClN2O2. The van der Waals surface area contributed by atoms with E-state index in [0.717, 1.165) is 57.3 Å². The van der Waals surface area contributed by atoms with Crippen LogP contribution < -0.4 is 14.4 Å². The predicted octanol–water partition coefficient (Wildman–Crippen LogP) is 4.20. The zero-order chi connectivity index (χ0) is 18.5. The lowest BCUT2D eigenvalue weighted by molar-refractivity contribution is 0.224. The average molecular weight is 403 g/mol. The standard InChI is InChI=1S/C23H30N2O2.ClH/c1-26-22-10-7-21(8-11-22)25-15-13-24(14-16-25)12-3-17-27-23-9-6-19-4-2-5-20(19)18-23;/h6-11,18H,2-5,12-17H2,1H3;1H. The van der Waals surface area contributed by atoms with E-state index in [9.17, 15) is 0 Å². The van der Waals surface area contributed by atoms with E-state index < -0.39 is 0 Å². The molecule has 1 heterocycles. The Hall–Kier alpha value is -1.91. The first-order valence-electron chi connectivity index (χ1n) is 10.2. The summed E-state index contributed by atoms with van der Waals surface area (Å²) in [6.07, 6.45) is 4.82. The number of hydrogen-bond donors (Lipinski definition) is 0. The van der Waals surface area contributed by atoms with Crippen LogP contribution >= 0.6 is 12.4 Å². The molecule has 0 unspecified atom stereocenters. The number of methoxy groups -OCH3 is 1. The van der Waals surface area contributed by atoms with Crippen molar-refractivity contribution in [1.82, 2.24) is 4.90 Å². The smallest absolute Gasteiger partial charge is 0.119 e. The largest absolute Gasteiger partial charge is 0.497 e. The highest BCUT2D eigenvalue weighted by molar-refractivity contribution is 5.85. The van der Waals surface area contributed by atoms with Crippen LogP contribution in [0.1, 0.15) is 24.0 Å². The van der Waals surface area contributed by atoms with E-state index in [1.807, 2.05) is 12.1 Å². The molecular weight excluding hydrogens is 372 g/mol. The molecule has 1 saturated heterocycles. The average Bonchev–Trinajstić information content (AvgIpc) is 3.20. The molecule has 4 rings (SSSR count). The second-order valence-electron chi connectivity index (χ2n) is 7.51. The molecule has 0 atom stereocenters. The number of benzene rings is 2. The highest BCUT2D eigenvalue weighted by Crippen LogP contribution is 2.26. The van der Waals surface area contributed by atoms with Crippen molar-refractivity contribution in [3.05, 3.63) is 53.6 Å². The third-order valence-corrected chi connectivity index (χ3v) is 5.77. The third kappa shape index (κ3) is 5.12. The molecule has 1 fully saturated rings. The first-order valence-corrected chi connectivity index (χ1v) is 10.2. The van der Waals surface area contributed by atoms with Gasteiger partial charge in [0.25, 0.3) is 0 Å². The number of hydrogen-bond acceptors (Lipinski definition) is 4. The number of halogens is 1. The summed E-state index contributed by atoms with van der Waals surface area (Å²) >= 11 is 0. The maximum absolute atomic E-state index is 5.99. The summed E-state index contributed by atoms with van der Waals surface area (Å²) in [6.45, 7) is 6.31. The van der Waals surface area contributed by atoms with Gasteiger partial charge in [-0.15, -0.1) is 12.4 Å². The predicted molar refractivity (Wildman–Crippen MR) is 117 cm³/mol. The van der Waals surface area contributed by atoms with E-state index in [2.05, 4.69) is 40.1 Å². The van der Waals surface area contributed by atoms with Crippen molar-refractivity contribution in [2.45, 2.75) is 25.7 Å². The van der Waals surface area contributed by atoms with Gasteiger partial charge < -0.3 is 14.4 Å². The summed E-state index contributed by atoms with van der Waals surface area (Å²) in [5, 5.41) is 0. The Morgan fingerprint density at radius 1 is 0.857 bits per heavy atom. The van der Waals surface area contributed by atoms with Crippen LogP contribution in [-0.4, -0.2) is 51.3 Å². The summed E-state index contributed by atoms with van der Waals surface area (Å²) in [7, 11) is 1.71. The van der Waals surface area contributed by atoms with Gasteiger partial charge in [0.1, 0.15) is 11.5 Å². The SMILES string of the molecule is COc1ccc(N2CCN(CCCOc3ccc4c(c3)CCC4)CC2)cc1.Cl. The van der Waals surface area contributed by atoms with Crippen LogP contribution in [0.5, 0.6) is 11.5 Å². The maximum atomic E-state index is 5.99. The third-order valence-electron chi connectivity index (χ3n) is 5.77. The molecule has 0 N–H and O–H groups in total. The minimum atomic E-state index is 0. The number of nitrogens with zero attached hydrogens (tertiary/aromatic N) is 2. The Morgan fingerprint density at radius 3 is 2.32 bits per heavy atom. The van der Waals surface area contributed by atoms with Crippen molar-refractivity contribution in [1.29, 1.82) is 0 Å². The highest BCUT2D eigenvalue weighted by Gasteiger charge is 2.17. The van der Waals surface area contributed by atoms with E-state index >= 15 is 0 Å². The van der Waals surface area contributed by atoms with Crippen molar-refractivity contribution in [3.63, 3.8) is 0 Å². The van der Waals surface area contributed by atoms with Crippen LogP contribution in [0.4, 0.5) is 5.69 Å². The second-order valence-corrected chi connectivity index (χ2v) is 7.51. The molecule has 0 amide bonds. The number of rotatable bonds is 7. The first kappa shape index (κ1) is 20.8. The van der Waals surface area contributed by atoms with Gasteiger partial charge in [0.2, 0.25) is 0 Å². The quantitative estimate of drug-likeness (QED) is 0.648. The van der Waals surface area contributed by atoms with E-state index in [4.69, 9.17) is 9.47 Å². The van der Waals surface area contributed by atoms with Gasteiger partial charge in [0.15, 0.2) is 0 Å². The van der Waals surface area contributed by atoms with E-state index in [-0.39, 0.29) is 12.4 Å². The van der Waals surface area contributed by atoms with Crippen molar-refractivity contribution >= 4 is 18.1 Å². The summed E-state index contributed by atoms with van der Waals surface area (Å²) in [5.74, 6) is 1.96. The van der Waals surface area contributed by atoms with Crippen LogP contribution in [0.2, 0.25) is 0 Å². The summed E-state index contributed by atoms with van der Waals surface area (Å²) in [5.41, 5.74) is 4.29. The minimum Gasteiger partial charge on any atom is -0.497 e. The minimum absolute atomic E-state index is 0. The molecule has 0 radical (unpaired) electrons. The fraction of sp³-hybridized carbons (Fsp3) is 0.478. The van der Waals surface area contributed by atoms with Crippen LogP contribution in [0.15, 0.2) is 42.5 Å². The van der Waals surface area contributed by atoms with Gasteiger partial charge in [0, 0.05) is 38.4 Å². The number of aryl methyl sites for hydroxylation is 2. The number of piperazine rings is 1. The summed E-state index contributed by atoms with van der Waals surface area (Å²) < 4.78 is 11.2. The second kappa shape index (κ2) is 10.0. The van der Waals surface area contributed by atoms with Gasteiger partial charge in [-0.05, 0) is 73.2 Å². The van der Waals surface area contributed by atoms with E-state index in [0.29, 0.717) is 0 Å². The molecule has 2 aliphatic rings. The molecule has 1 aliphatic carbocycles. The van der Waals surface area contributed by atoms with Crippen LogP contribution in [-0.2, 0) is 12.8 Å². The molecule has 0 aromatic heterocycles. The van der Waals surface area contributed by atoms with Gasteiger partial charge in [-0.3, -0.25) is 4.90 Å². The lowest BCUT2D eigenvalue weighted by Crippen LogP contribution is -2.46. The lowest BCUT2D eigenvalue weighted by atomic mass is 10.1.